The van der Waals surface area contributed by atoms with Crippen molar-refractivity contribution in [3.63, 3.8) is 0 Å². The quantitative estimate of drug-likeness (QED) is 0.217. The van der Waals surface area contributed by atoms with Crippen molar-refractivity contribution in [2.24, 2.45) is 11.8 Å². The maximum absolute atomic E-state index is 13.1. The van der Waals surface area contributed by atoms with Crippen LogP contribution in [0.15, 0.2) is 48.8 Å². The van der Waals surface area contributed by atoms with Crippen molar-refractivity contribution in [3.8, 4) is 11.3 Å². The number of ether oxygens (including phenoxy) is 1. The van der Waals surface area contributed by atoms with E-state index in [1.54, 1.807) is 24.9 Å². The Morgan fingerprint density at radius 1 is 1.15 bits per heavy atom. The number of hydrogen-bond acceptors (Lipinski definition) is 8. The van der Waals surface area contributed by atoms with E-state index in [-0.39, 0.29) is 29.2 Å². The summed E-state index contributed by atoms with van der Waals surface area (Å²) in [7, 11) is 0. The van der Waals surface area contributed by atoms with Crippen molar-refractivity contribution < 1.29 is 23.4 Å². The molecule has 3 aromatic heterocycles. The lowest BCUT2D eigenvalue weighted by Crippen LogP contribution is -2.37. The maximum Gasteiger partial charge on any atom is 0.308 e. The van der Waals surface area contributed by atoms with Crippen molar-refractivity contribution in [1.82, 2.24) is 15.0 Å². The van der Waals surface area contributed by atoms with Crippen LogP contribution < -0.4 is 5.32 Å². The van der Waals surface area contributed by atoms with Crippen LogP contribution in [0.1, 0.15) is 55.9 Å². The van der Waals surface area contributed by atoms with Crippen molar-refractivity contribution >= 4 is 29.4 Å². The average molecular weight is 557 g/mol. The number of hydrogen-bond donors (Lipinski definition) is 2. The molecule has 208 valence electrons. The molecule has 0 unspecified atom stereocenters. The molecular weight excluding hydrogens is 522 g/mol. The number of esters is 1. The number of aryl methyl sites for hydroxylation is 1. The van der Waals surface area contributed by atoms with Gasteiger partial charge in [-0.25, -0.2) is 18.7 Å². The van der Waals surface area contributed by atoms with Gasteiger partial charge in [0.2, 0.25) is 0 Å². The van der Waals surface area contributed by atoms with Crippen molar-refractivity contribution in [2.45, 2.75) is 51.6 Å². The molecule has 1 saturated carbocycles. The molecule has 2 N–H and O–H groups in total. The van der Waals surface area contributed by atoms with Gasteiger partial charge in [0.05, 0.1) is 17.3 Å². The van der Waals surface area contributed by atoms with Crippen molar-refractivity contribution in [1.29, 1.82) is 0 Å². The van der Waals surface area contributed by atoms with Gasteiger partial charge in [-0.15, -0.1) is 0 Å². The van der Waals surface area contributed by atoms with Gasteiger partial charge in [0.1, 0.15) is 23.8 Å². The second kappa shape index (κ2) is 12.8. The molecule has 4 rings (SSSR count). The van der Waals surface area contributed by atoms with E-state index in [2.05, 4.69) is 20.3 Å². The number of carbonyl (C=O) groups excluding carboxylic acids is 1. The number of rotatable bonds is 10. The first kappa shape index (κ1) is 28.9. The van der Waals surface area contributed by atoms with Crippen LogP contribution in [-0.2, 0) is 15.1 Å². The summed E-state index contributed by atoms with van der Waals surface area (Å²) in [5.41, 5.74) is 1.64. The Labute approximate surface area is 231 Å². The van der Waals surface area contributed by atoms with E-state index < -0.39 is 12.0 Å². The van der Waals surface area contributed by atoms with Crippen LogP contribution in [0.3, 0.4) is 0 Å². The second-order valence-electron chi connectivity index (χ2n) is 10.1. The lowest BCUT2D eigenvalue weighted by Gasteiger charge is -2.37. The highest BCUT2D eigenvalue weighted by atomic mass is 32.2. The van der Waals surface area contributed by atoms with Gasteiger partial charge in [0.25, 0.3) is 6.43 Å². The Morgan fingerprint density at radius 2 is 1.92 bits per heavy atom. The molecule has 3 heterocycles. The van der Waals surface area contributed by atoms with E-state index in [4.69, 9.17) is 4.74 Å². The zero-order valence-electron chi connectivity index (χ0n) is 22.4. The maximum atomic E-state index is 13.1. The standard InChI is InChI=1S/C29H34F2N4O3S/c1-18-14-23(34-26(15-18)35-25-16-20(27(30)31)10-11-32-25)21-6-9-24(33-17-21)29(2,37)22-7-4-19(5-8-22)28(36)38-12-13-39-3/h6,9-11,14-17,19,22,27,37H,4-5,7-8,12-13H2,1-3H3,(H,32,34,35)/t19-,22-,29-/m1/s1. The molecule has 0 bridgehead atoms. The molecule has 3 aromatic rings. The molecule has 0 amide bonds. The Morgan fingerprint density at radius 3 is 2.59 bits per heavy atom. The number of nitrogens with zero attached hydrogens (tertiary/aromatic N) is 3. The highest BCUT2D eigenvalue weighted by molar-refractivity contribution is 7.98. The Hall–Kier alpha value is -3.11. The third-order valence-electron chi connectivity index (χ3n) is 7.23. The van der Waals surface area contributed by atoms with Crippen LogP contribution in [0.2, 0.25) is 0 Å². The first-order valence-corrected chi connectivity index (χ1v) is 14.4. The summed E-state index contributed by atoms with van der Waals surface area (Å²) in [4.78, 5) is 25.6. The fourth-order valence-corrected chi connectivity index (χ4v) is 5.20. The van der Waals surface area contributed by atoms with Gasteiger partial charge < -0.3 is 15.2 Å². The second-order valence-corrected chi connectivity index (χ2v) is 11.1. The molecule has 1 aliphatic carbocycles. The number of aliphatic hydroxyl groups is 1. The van der Waals surface area contributed by atoms with Crippen LogP contribution in [0.5, 0.6) is 0 Å². The molecule has 0 spiro atoms. The normalized spacial score (nSPS) is 18.9. The van der Waals surface area contributed by atoms with E-state index >= 15 is 0 Å². The molecular formula is C29H34F2N4O3S. The fourth-order valence-electron chi connectivity index (χ4n) is 4.95. The number of carbonyl (C=O) groups is 1. The zero-order valence-corrected chi connectivity index (χ0v) is 23.2. The van der Waals surface area contributed by atoms with E-state index in [9.17, 15) is 18.7 Å². The summed E-state index contributed by atoms with van der Waals surface area (Å²) in [6, 6.07) is 9.97. The minimum Gasteiger partial charge on any atom is -0.465 e. The average Bonchev–Trinajstić information content (AvgIpc) is 2.93. The van der Waals surface area contributed by atoms with Crippen molar-refractivity contribution in [3.05, 3.63) is 65.6 Å². The number of aromatic nitrogens is 3. The predicted molar refractivity (Wildman–Crippen MR) is 149 cm³/mol. The Kier molecular flexibility index (Phi) is 9.50. The van der Waals surface area contributed by atoms with Crippen LogP contribution in [0.25, 0.3) is 11.3 Å². The van der Waals surface area contributed by atoms with E-state index in [1.807, 2.05) is 37.4 Å². The summed E-state index contributed by atoms with van der Waals surface area (Å²) >= 11 is 1.64. The van der Waals surface area contributed by atoms with Gasteiger partial charge in [0.15, 0.2) is 0 Å². The lowest BCUT2D eigenvalue weighted by molar-refractivity contribution is -0.150. The summed E-state index contributed by atoms with van der Waals surface area (Å²) in [5, 5.41) is 14.4. The highest BCUT2D eigenvalue weighted by Crippen LogP contribution is 2.41. The molecule has 1 aliphatic rings. The Balaban J connectivity index is 1.43. The van der Waals surface area contributed by atoms with Gasteiger partial charge >= 0.3 is 5.97 Å². The van der Waals surface area contributed by atoms with Crippen LogP contribution >= 0.6 is 11.8 Å². The number of nitrogens with one attached hydrogen (secondary N) is 1. The minimum atomic E-state index is -2.59. The fraction of sp³-hybridized carbons (Fsp3) is 0.448. The van der Waals surface area contributed by atoms with Gasteiger partial charge in [0, 0.05) is 29.3 Å². The molecule has 0 radical (unpaired) electrons. The van der Waals surface area contributed by atoms with Crippen LogP contribution in [-0.4, -0.2) is 44.6 Å². The van der Waals surface area contributed by atoms with Crippen molar-refractivity contribution in [2.75, 3.05) is 23.9 Å². The van der Waals surface area contributed by atoms with E-state index in [0.717, 1.165) is 16.9 Å². The van der Waals surface area contributed by atoms with Crippen LogP contribution in [0, 0.1) is 18.8 Å². The Bertz CT molecular complexity index is 1270. The smallest absolute Gasteiger partial charge is 0.308 e. The zero-order chi connectivity index (χ0) is 28.0. The molecule has 0 aromatic carbocycles. The van der Waals surface area contributed by atoms with E-state index in [1.165, 1.54) is 18.3 Å². The first-order chi connectivity index (χ1) is 18.7. The van der Waals surface area contributed by atoms with Gasteiger partial charge in [-0.05, 0) is 93.7 Å². The topological polar surface area (TPSA) is 97.2 Å². The predicted octanol–water partition coefficient (Wildman–Crippen LogP) is 6.45. The first-order valence-electron chi connectivity index (χ1n) is 13.0. The summed E-state index contributed by atoms with van der Waals surface area (Å²) in [5.74, 6) is 1.28. The summed E-state index contributed by atoms with van der Waals surface area (Å²) < 4.78 is 31.5. The molecule has 10 heteroatoms. The lowest BCUT2D eigenvalue weighted by atomic mass is 9.73. The summed E-state index contributed by atoms with van der Waals surface area (Å²) in [6.07, 6.45) is 5.22. The van der Waals surface area contributed by atoms with Gasteiger partial charge in [-0.3, -0.25) is 9.78 Å². The number of halogens is 2. The SMILES string of the molecule is CSCCOC(=O)[C@H]1CC[C@H]([C@@](C)(O)c2ccc(-c3cc(C)cc(Nc4cc(C(F)F)ccn4)n3)cn2)CC1. The molecule has 1 atom stereocenters. The molecule has 39 heavy (non-hydrogen) atoms. The molecule has 0 saturated heterocycles. The number of anilines is 2. The molecule has 0 aliphatic heterocycles. The molecule has 1 fully saturated rings. The molecule has 7 nitrogen and oxygen atoms in total. The minimum absolute atomic E-state index is 0.0181. The highest BCUT2D eigenvalue weighted by Gasteiger charge is 2.39. The van der Waals surface area contributed by atoms with Crippen LogP contribution in [0.4, 0.5) is 20.4 Å². The van der Waals surface area contributed by atoms with Gasteiger partial charge in [-0.2, -0.15) is 11.8 Å². The monoisotopic (exact) mass is 556 g/mol. The number of pyridine rings is 3. The summed E-state index contributed by atoms with van der Waals surface area (Å²) in [6.45, 7) is 4.13. The number of thioether (sulfide) groups is 1. The third-order valence-corrected chi connectivity index (χ3v) is 7.80. The number of alkyl halides is 2. The third kappa shape index (κ3) is 7.30. The largest absolute Gasteiger partial charge is 0.465 e. The van der Waals surface area contributed by atoms with E-state index in [0.29, 0.717) is 49.5 Å². The van der Waals surface area contributed by atoms with Gasteiger partial charge in [-0.1, -0.05) is 0 Å².